The third-order valence-corrected chi connectivity index (χ3v) is 22.6. The molecular formula is C84H93Cl3FN13O27. The Morgan fingerprint density at radius 3 is 2.04 bits per heavy atom. The smallest absolute Gasteiger partial charge is 0.349 e. The van der Waals surface area contributed by atoms with Crippen LogP contribution in [0.2, 0.25) is 15.1 Å². The highest BCUT2D eigenvalue weighted by Crippen LogP contribution is 2.50. The van der Waals surface area contributed by atoms with E-state index in [-0.39, 0.29) is 78.3 Å². The first-order valence-corrected chi connectivity index (χ1v) is 41.1. The van der Waals surface area contributed by atoms with Crippen LogP contribution in [0.1, 0.15) is 111 Å². The Balaban J connectivity index is 0.992. The van der Waals surface area contributed by atoms with Gasteiger partial charge in [-0.15, -0.1) is 0 Å². The van der Waals surface area contributed by atoms with Crippen LogP contribution in [0, 0.1) is 11.7 Å². The van der Waals surface area contributed by atoms with E-state index in [0.29, 0.717) is 5.56 Å². The van der Waals surface area contributed by atoms with Crippen LogP contribution in [0.4, 0.5) is 10.2 Å². The Hall–Kier alpha value is -11.8. The number of hydrogen-bond acceptors (Lipinski definition) is 30. The minimum absolute atomic E-state index is 0.0644. The second-order valence-electron chi connectivity index (χ2n) is 31.3. The molecule has 2 saturated heterocycles. The lowest BCUT2D eigenvalue weighted by molar-refractivity contribution is -0.334. The number of amides is 9. The highest BCUT2D eigenvalue weighted by molar-refractivity contribution is 6.32. The number of aromatic hydroxyl groups is 3. The largest absolute Gasteiger partial charge is 0.508 e. The number of fused-ring (bicyclic) bond motifs is 15. The van der Waals surface area contributed by atoms with Crippen molar-refractivity contribution in [3.63, 3.8) is 0 Å². The standard InChI is InChI=1S/C84H93Cl3FN13O27/c1-35(2)23-49(90-5)75(113)98-66-68(108)39-10-14-53(46(86)26-39)124-55-28-41-29-56(72(55)128-82-73(71(111)70(110)57(34-102)126-82)127-61-33-84(4,74(112)36(3)123-61)91-18-20-101-19-17-59(94-83(101)120)93-60(107)16-8-37-7-12-48(88)45(85)24-37)125-54-15-11-40(27-47(54)87)69(109)67-80(118)97-65(81(119)100-122-22-21-121-6)44-30-42(103)31-52(105)62(44)43-25-38(9-13-51(43)104)63(77(115)99-67)96-78(116)64(41)95-76(114)50(32-58(89)106)92-79(66)117/h7-17,19,24-31,35-36,49-50,57,61,63-71,73-74,82,90-91,102-105,108-112H,18,20-23,32-34H2,1-6H3,(H2,89,106)(H,92,117)(H,95,114)(H,96,116)(H,97,118)(H,98,113)(H,99,115)(H,100,119)(H,93,94,107,120)/b16-8+/t36-,49+,50-,57+,61-,63+,64+,65+,66+,67-,68+,69+,70+,71-,73+,74+,82?,84+/m0/s1. The van der Waals surface area contributed by atoms with Crippen LogP contribution in [-0.4, -0.2) is 228 Å². The van der Waals surface area contributed by atoms with Gasteiger partial charge in [-0.2, -0.15) is 4.98 Å². The van der Waals surface area contributed by atoms with Crippen LogP contribution >= 0.6 is 34.8 Å². The van der Waals surface area contributed by atoms with Crippen molar-refractivity contribution in [3.05, 3.63) is 180 Å². The van der Waals surface area contributed by atoms with Crippen LogP contribution in [0.5, 0.6) is 46.0 Å². The van der Waals surface area contributed by atoms with E-state index in [1.54, 1.807) is 6.92 Å². The Morgan fingerprint density at radius 1 is 0.734 bits per heavy atom. The molecule has 128 heavy (non-hydrogen) atoms. The number of aliphatic hydroxyl groups excluding tert-OH is 6. The molecule has 0 aliphatic carbocycles. The zero-order chi connectivity index (χ0) is 92.6. The summed E-state index contributed by atoms with van der Waals surface area (Å²) in [5.74, 6) is -17.2. The average Bonchev–Trinajstić information content (AvgIpc) is 0.764. The number of hydroxylamine groups is 1. The predicted molar refractivity (Wildman–Crippen MR) is 449 cm³/mol. The number of methoxy groups -OCH3 is 1. The van der Waals surface area contributed by atoms with Crippen molar-refractivity contribution in [2.75, 3.05) is 45.8 Å². The van der Waals surface area contributed by atoms with Gasteiger partial charge < -0.3 is 133 Å². The number of hydrogen-bond donors (Lipinski definition) is 20. The summed E-state index contributed by atoms with van der Waals surface area (Å²) in [6.07, 6.45) is -15.9. The average molecular weight is 1840 g/mol. The molecule has 0 radical (unpaired) electrons. The molecule has 9 amide bonds. The van der Waals surface area contributed by atoms with Crippen molar-refractivity contribution in [1.29, 1.82) is 0 Å². The number of carbonyl (C=O) groups excluding carboxylic acids is 9. The molecule has 7 aliphatic rings. The maximum atomic E-state index is 16.4. The molecule has 21 N–H and O–H groups in total. The number of nitrogens with zero attached hydrogens (tertiary/aromatic N) is 2. The molecule has 7 aliphatic heterocycles. The van der Waals surface area contributed by atoms with Gasteiger partial charge in [-0.05, 0) is 145 Å². The molecule has 1 aromatic heterocycles. The van der Waals surface area contributed by atoms with Crippen molar-refractivity contribution in [3.8, 4) is 57.1 Å². The van der Waals surface area contributed by atoms with Gasteiger partial charge in [0.05, 0.1) is 59.6 Å². The molecule has 18 atom stereocenters. The molecule has 2 fully saturated rings. The number of nitrogens with two attached hydrogens (primary N) is 1. The highest BCUT2D eigenvalue weighted by atomic mass is 35.5. The van der Waals surface area contributed by atoms with E-state index in [1.807, 2.05) is 13.8 Å². The van der Waals surface area contributed by atoms with Crippen LogP contribution in [0.3, 0.4) is 0 Å². The second kappa shape index (κ2) is 41.1. The van der Waals surface area contributed by atoms with E-state index in [4.69, 9.17) is 78.5 Å². The third-order valence-electron chi connectivity index (χ3n) is 21.7. The molecule has 1 unspecified atom stereocenters. The number of benzene rings is 6. The van der Waals surface area contributed by atoms with Gasteiger partial charge in [0.25, 0.3) is 5.91 Å². The maximum Gasteiger partial charge on any atom is 0.349 e. The summed E-state index contributed by atoms with van der Waals surface area (Å²) in [6.45, 7) is 5.13. The zero-order valence-corrected chi connectivity index (χ0v) is 71.2. The molecular weight excluding hydrogens is 1750 g/mol. The van der Waals surface area contributed by atoms with E-state index in [9.17, 15) is 74.3 Å². The Morgan fingerprint density at radius 2 is 1.40 bits per heavy atom. The van der Waals surface area contributed by atoms with Crippen LogP contribution in [0.15, 0.2) is 120 Å². The fourth-order valence-electron chi connectivity index (χ4n) is 15.0. The van der Waals surface area contributed by atoms with Gasteiger partial charge in [0, 0.05) is 61.6 Å². The van der Waals surface area contributed by atoms with Crippen molar-refractivity contribution in [1.82, 2.24) is 57.6 Å². The number of aromatic nitrogens is 2. The number of ether oxygens (including phenoxy) is 7. The Kier molecular flexibility index (Phi) is 30.6. The Bertz CT molecular complexity index is 5490. The normalized spacial score (nSPS) is 25.7. The van der Waals surface area contributed by atoms with Crippen molar-refractivity contribution >= 4 is 99.9 Å². The molecule has 14 rings (SSSR count). The zero-order valence-electron chi connectivity index (χ0n) is 69.0. The van der Waals surface area contributed by atoms with Crippen LogP contribution in [0.25, 0.3) is 17.2 Å². The number of carbonyl (C=O) groups is 9. The molecule has 684 valence electrons. The van der Waals surface area contributed by atoms with Gasteiger partial charge in [-0.1, -0.05) is 72.9 Å². The minimum Gasteiger partial charge on any atom is -0.508 e. The lowest BCUT2D eigenvalue weighted by Gasteiger charge is -2.48. The molecule has 11 bridgehead atoms. The van der Waals surface area contributed by atoms with E-state index in [0.717, 1.165) is 78.9 Å². The minimum atomic E-state index is -2.41. The molecule has 7 aromatic rings. The predicted octanol–water partition coefficient (Wildman–Crippen LogP) is 2.05. The summed E-state index contributed by atoms with van der Waals surface area (Å²) in [7, 11) is 2.79. The van der Waals surface area contributed by atoms with E-state index in [2.05, 4.69) is 58.3 Å². The van der Waals surface area contributed by atoms with Gasteiger partial charge in [-0.25, -0.2) is 14.7 Å². The number of primary amides is 1. The summed E-state index contributed by atoms with van der Waals surface area (Å²) >= 11 is 20.2. The number of phenolic OH excluding ortho intramolecular Hbond substituents is 3. The fourth-order valence-corrected chi connectivity index (χ4v) is 15.7. The number of aliphatic hydroxyl groups is 6. The monoisotopic (exact) mass is 1840 g/mol. The first-order valence-electron chi connectivity index (χ1n) is 40.0. The quantitative estimate of drug-likeness (QED) is 0.0234. The van der Waals surface area contributed by atoms with Crippen LogP contribution in [-0.2, 0) is 73.5 Å². The van der Waals surface area contributed by atoms with E-state index in [1.165, 1.54) is 68.3 Å². The SMILES string of the molecule is CN[C@H](CC(C)C)C(=O)N[C@H]1C(=O)N[C@@H](CC(N)=O)C(=O)N[C@H]2C(=O)N[C@H]3C(=O)N[C@H](C(=O)N[C@@H](C(=O)NOCCOC)c4cc(O)cc(O)c4-c4cc3ccc4O)[C@H](O)c3ccc(c(Cl)c3)Oc3cc2cc(c3OC2O[C@H](CO)[C@@H](O)[C@H](O)[C@H]2O[C@H]2C[C@@](C)(NCCn3ccc(NC(=O)/C=C/c4ccc(F)c(Cl)c4)nc3=O)[C@H](O)[C@H](C)O2)Oc2ccc(cc2Cl)[C@H]1O. The summed E-state index contributed by atoms with van der Waals surface area (Å²) in [5, 5.41) is 129. The van der Waals surface area contributed by atoms with Gasteiger partial charge in [-0.3, -0.25) is 52.6 Å². The molecule has 0 saturated carbocycles. The number of likely N-dealkylation sites (N-methyl/N-ethyl adjacent to an activating group) is 1. The van der Waals surface area contributed by atoms with E-state index >= 15 is 24.0 Å². The fraction of sp³-hybridized carbons (Fsp3) is 0.393. The van der Waals surface area contributed by atoms with Crippen LogP contribution < -0.4 is 79.0 Å². The topological polar surface area (TPSA) is 591 Å². The van der Waals surface area contributed by atoms with Crippen molar-refractivity contribution in [2.24, 2.45) is 11.7 Å². The Labute approximate surface area is 742 Å². The third kappa shape index (κ3) is 22.0. The lowest BCUT2D eigenvalue weighted by atomic mass is 9.85. The number of rotatable bonds is 24. The molecule has 6 aromatic carbocycles. The number of halogens is 4. The summed E-state index contributed by atoms with van der Waals surface area (Å²) in [4.78, 5) is 156. The molecule has 0 spiro atoms. The highest BCUT2D eigenvalue weighted by Gasteiger charge is 2.52. The van der Waals surface area contributed by atoms with Crippen molar-refractivity contribution < 1.29 is 131 Å². The first-order chi connectivity index (χ1) is 60.8. The van der Waals surface area contributed by atoms with Crippen molar-refractivity contribution in [2.45, 2.75) is 163 Å². The van der Waals surface area contributed by atoms with Gasteiger partial charge in [0.1, 0.15) is 107 Å². The number of nitrogens with one attached hydrogen (secondary N) is 10. The van der Waals surface area contributed by atoms with Gasteiger partial charge in [0.15, 0.2) is 23.9 Å². The number of anilines is 1. The van der Waals surface area contributed by atoms with Gasteiger partial charge >= 0.3 is 5.69 Å². The number of phenols is 3. The van der Waals surface area contributed by atoms with E-state index < -0.39 is 259 Å². The summed E-state index contributed by atoms with van der Waals surface area (Å²) < 4.78 is 59.4. The maximum absolute atomic E-state index is 16.4. The molecule has 40 nitrogen and oxygen atoms in total. The summed E-state index contributed by atoms with van der Waals surface area (Å²) in [5.41, 5.74) is 3.36. The summed E-state index contributed by atoms with van der Waals surface area (Å²) in [6, 6.07) is 4.50. The lowest BCUT2D eigenvalue weighted by Crippen LogP contribution is -2.65. The molecule has 44 heteroatoms. The van der Waals surface area contributed by atoms with Gasteiger partial charge in [0.2, 0.25) is 59.3 Å². The first kappa shape index (κ1) is 95.4. The second-order valence-corrected chi connectivity index (χ2v) is 32.5. The molecule has 8 heterocycles.